The molecule has 0 spiro atoms. The standard InChI is InChI=1S/C29H32Cl2N2O2S/c1-29(2,3)32-28(35)26(17-21-11-6-4-7-12-21)33(18-23-24(30)15-10-16-25(23)31)27(34)20-36-19-22-13-8-5-9-14-22/h4-16,26H,17-20H2,1-3H3,(H,32,35)/t26-/m0/s1. The number of rotatable bonds is 10. The molecule has 0 unspecified atom stereocenters. The molecule has 3 rings (SSSR count). The highest BCUT2D eigenvalue weighted by Gasteiger charge is 2.32. The highest BCUT2D eigenvalue weighted by Crippen LogP contribution is 2.28. The number of halogens is 2. The van der Waals surface area contributed by atoms with Crippen LogP contribution in [-0.2, 0) is 28.3 Å². The van der Waals surface area contributed by atoms with Gasteiger partial charge >= 0.3 is 0 Å². The van der Waals surface area contributed by atoms with E-state index in [9.17, 15) is 9.59 Å². The lowest BCUT2D eigenvalue weighted by atomic mass is 10.0. The van der Waals surface area contributed by atoms with Gasteiger partial charge in [0.1, 0.15) is 6.04 Å². The number of nitrogens with zero attached hydrogens (tertiary/aromatic N) is 1. The van der Waals surface area contributed by atoms with E-state index in [0.29, 0.717) is 27.8 Å². The van der Waals surface area contributed by atoms with Crippen molar-refractivity contribution >= 4 is 46.8 Å². The summed E-state index contributed by atoms with van der Waals surface area (Å²) in [7, 11) is 0. The summed E-state index contributed by atoms with van der Waals surface area (Å²) >= 11 is 14.5. The molecule has 0 aliphatic heterocycles. The SMILES string of the molecule is CC(C)(C)NC(=O)[C@H](Cc1ccccc1)N(Cc1c(Cl)cccc1Cl)C(=O)CSCc1ccccc1. The minimum atomic E-state index is -0.733. The normalized spacial score (nSPS) is 12.1. The molecule has 7 heteroatoms. The largest absolute Gasteiger partial charge is 0.350 e. The maximum absolute atomic E-state index is 13.7. The first-order valence-corrected chi connectivity index (χ1v) is 13.7. The molecule has 0 bridgehead atoms. The Morgan fingerprint density at radius 3 is 1.97 bits per heavy atom. The predicted molar refractivity (Wildman–Crippen MR) is 151 cm³/mol. The predicted octanol–water partition coefficient (Wildman–Crippen LogP) is 6.78. The summed E-state index contributed by atoms with van der Waals surface area (Å²) in [6.07, 6.45) is 0.375. The Morgan fingerprint density at radius 1 is 0.861 bits per heavy atom. The molecule has 0 fully saturated rings. The third kappa shape index (κ3) is 8.58. The van der Waals surface area contributed by atoms with Crippen LogP contribution in [0.1, 0.15) is 37.5 Å². The highest BCUT2D eigenvalue weighted by molar-refractivity contribution is 7.99. The van der Waals surface area contributed by atoms with Crippen molar-refractivity contribution in [2.24, 2.45) is 0 Å². The van der Waals surface area contributed by atoms with Crippen molar-refractivity contribution in [3.63, 3.8) is 0 Å². The molecule has 36 heavy (non-hydrogen) atoms. The van der Waals surface area contributed by atoms with Crippen LogP contribution in [0.25, 0.3) is 0 Å². The van der Waals surface area contributed by atoms with Crippen LogP contribution in [0, 0.1) is 0 Å². The lowest BCUT2D eigenvalue weighted by molar-refractivity contribution is -0.140. The van der Waals surface area contributed by atoms with E-state index in [2.05, 4.69) is 5.32 Å². The number of carbonyl (C=O) groups is 2. The summed E-state index contributed by atoms with van der Waals surface area (Å²) in [6.45, 7) is 5.92. The average Bonchev–Trinajstić information content (AvgIpc) is 2.83. The van der Waals surface area contributed by atoms with Crippen molar-refractivity contribution in [1.29, 1.82) is 0 Å². The van der Waals surface area contributed by atoms with Gasteiger partial charge in [-0.05, 0) is 44.0 Å². The first-order valence-electron chi connectivity index (χ1n) is 11.8. The van der Waals surface area contributed by atoms with Crippen molar-refractivity contribution in [3.05, 3.63) is 106 Å². The summed E-state index contributed by atoms with van der Waals surface area (Å²) in [5, 5.41) is 4.00. The van der Waals surface area contributed by atoms with E-state index in [-0.39, 0.29) is 24.1 Å². The van der Waals surface area contributed by atoms with Crippen LogP contribution >= 0.6 is 35.0 Å². The van der Waals surface area contributed by atoms with Gasteiger partial charge in [0.15, 0.2) is 0 Å². The number of hydrogen-bond acceptors (Lipinski definition) is 3. The molecule has 0 radical (unpaired) electrons. The van der Waals surface area contributed by atoms with Gasteiger partial charge in [-0.2, -0.15) is 0 Å². The first-order chi connectivity index (χ1) is 17.1. The minimum Gasteiger partial charge on any atom is -0.350 e. The summed E-state index contributed by atoms with van der Waals surface area (Å²) in [4.78, 5) is 28.9. The van der Waals surface area contributed by atoms with Gasteiger partial charge in [0.2, 0.25) is 11.8 Å². The van der Waals surface area contributed by atoms with Crippen LogP contribution in [0.4, 0.5) is 0 Å². The molecule has 3 aromatic carbocycles. The van der Waals surface area contributed by atoms with Crippen molar-refractivity contribution in [3.8, 4) is 0 Å². The van der Waals surface area contributed by atoms with E-state index in [1.165, 1.54) is 11.8 Å². The highest BCUT2D eigenvalue weighted by atomic mass is 35.5. The lowest BCUT2D eigenvalue weighted by Crippen LogP contribution is -2.54. The van der Waals surface area contributed by atoms with Gasteiger partial charge in [0, 0.05) is 39.9 Å². The van der Waals surface area contributed by atoms with Gasteiger partial charge in [-0.15, -0.1) is 11.8 Å². The Hall–Kier alpha value is -2.47. The average molecular weight is 544 g/mol. The Balaban J connectivity index is 1.92. The summed E-state index contributed by atoms with van der Waals surface area (Å²) in [6, 6.07) is 24.3. The van der Waals surface area contributed by atoms with Crippen LogP contribution in [0.2, 0.25) is 10.0 Å². The number of carbonyl (C=O) groups excluding carboxylic acids is 2. The number of hydrogen-bond donors (Lipinski definition) is 1. The Bertz CT molecular complexity index is 1130. The molecule has 2 amide bonds. The maximum atomic E-state index is 13.7. The van der Waals surface area contributed by atoms with Crippen LogP contribution in [0.3, 0.4) is 0 Å². The fraction of sp³-hybridized carbons (Fsp3) is 0.310. The van der Waals surface area contributed by atoms with Gasteiger partial charge in [-0.1, -0.05) is 89.9 Å². The van der Waals surface area contributed by atoms with E-state index in [4.69, 9.17) is 23.2 Å². The third-order valence-corrected chi connectivity index (χ3v) is 7.19. The Labute approximate surface area is 228 Å². The van der Waals surface area contributed by atoms with Gasteiger partial charge in [0.05, 0.1) is 5.75 Å². The summed E-state index contributed by atoms with van der Waals surface area (Å²) < 4.78 is 0. The lowest BCUT2D eigenvalue weighted by Gasteiger charge is -2.34. The molecule has 0 aliphatic rings. The molecule has 0 saturated carbocycles. The molecule has 3 aromatic rings. The Kier molecular flexibility index (Phi) is 10.3. The van der Waals surface area contributed by atoms with Crippen LogP contribution in [0.15, 0.2) is 78.9 Å². The molecule has 0 saturated heterocycles. The fourth-order valence-electron chi connectivity index (χ4n) is 3.77. The van der Waals surface area contributed by atoms with Crippen molar-refractivity contribution in [1.82, 2.24) is 10.2 Å². The zero-order valence-corrected chi connectivity index (χ0v) is 23.2. The molecule has 1 N–H and O–H groups in total. The molecular weight excluding hydrogens is 511 g/mol. The smallest absolute Gasteiger partial charge is 0.243 e. The van der Waals surface area contributed by atoms with Crippen molar-refractivity contribution in [2.75, 3.05) is 5.75 Å². The van der Waals surface area contributed by atoms with Gasteiger partial charge < -0.3 is 10.2 Å². The number of amides is 2. The monoisotopic (exact) mass is 542 g/mol. The molecule has 4 nitrogen and oxygen atoms in total. The van der Waals surface area contributed by atoms with E-state index in [0.717, 1.165) is 11.1 Å². The Morgan fingerprint density at radius 2 is 1.42 bits per heavy atom. The van der Waals surface area contributed by atoms with E-state index < -0.39 is 11.6 Å². The first kappa shape index (κ1) is 28.1. The number of benzene rings is 3. The molecule has 0 aromatic heterocycles. The van der Waals surface area contributed by atoms with Gasteiger partial charge in [-0.25, -0.2) is 0 Å². The van der Waals surface area contributed by atoms with Gasteiger partial charge in [-0.3, -0.25) is 9.59 Å². The second-order valence-corrected chi connectivity index (χ2v) is 11.4. The van der Waals surface area contributed by atoms with Gasteiger partial charge in [0.25, 0.3) is 0 Å². The fourth-order valence-corrected chi connectivity index (χ4v) is 5.16. The molecule has 1 atom stereocenters. The zero-order chi connectivity index (χ0) is 26.1. The molecule has 190 valence electrons. The summed E-state index contributed by atoms with van der Waals surface area (Å²) in [5.74, 6) is 0.573. The second kappa shape index (κ2) is 13.2. The van der Waals surface area contributed by atoms with Crippen molar-refractivity contribution < 1.29 is 9.59 Å². The number of thioether (sulfide) groups is 1. The van der Waals surface area contributed by atoms with Crippen LogP contribution in [0.5, 0.6) is 0 Å². The zero-order valence-electron chi connectivity index (χ0n) is 20.8. The molecule has 0 heterocycles. The van der Waals surface area contributed by atoms with Crippen molar-refractivity contribution in [2.45, 2.75) is 51.1 Å². The molecule has 0 aliphatic carbocycles. The maximum Gasteiger partial charge on any atom is 0.243 e. The topological polar surface area (TPSA) is 49.4 Å². The van der Waals surface area contributed by atoms with Crippen LogP contribution < -0.4 is 5.32 Å². The number of nitrogens with one attached hydrogen (secondary N) is 1. The van der Waals surface area contributed by atoms with E-state index >= 15 is 0 Å². The third-order valence-electron chi connectivity index (χ3n) is 5.50. The van der Waals surface area contributed by atoms with E-state index in [1.54, 1.807) is 23.1 Å². The summed E-state index contributed by atoms with van der Waals surface area (Å²) in [5.41, 5.74) is 2.28. The van der Waals surface area contributed by atoms with Crippen LogP contribution in [-0.4, -0.2) is 34.0 Å². The second-order valence-electron chi connectivity index (χ2n) is 9.65. The quantitative estimate of drug-likeness (QED) is 0.307. The molecular formula is C29H32Cl2N2O2S. The minimum absolute atomic E-state index is 0.137. The van der Waals surface area contributed by atoms with E-state index in [1.807, 2.05) is 81.4 Å².